The molecule has 0 aliphatic carbocycles. The van der Waals surface area contributed by atoms with Crippen LogP contribution in [0.15, 0.2) is 5.38 Å². The van der Waals surface area contributed by atoms with E-state index < -0.39 is 5.97 Å². The smallest absolute Gasteiger partial charge is 0.307 e. The second-order valence-electron chi connectivity index (χ2n) is 4.90. The molecular formula is C13H20N2O2S. The van der Waals surface area contributed by atoms with Gasteiger partial charge in [-0.1, -0.05) is 6.92 Å². The van der Waals surface area contributed by atoms with Gasteiger partial charge in [0, 0.05) is 18.5 Å². The minimum Gasteiger partial charge on any atom is -0.481 e. The standard InChI is InChI=1S/C13H20N2O2S/c1-2-4-12-14-11(9-18-12)8-15-6-3-5-10(7-15)13(16)17/h9-10H,2-8H2,1H3,(H,16,17). The van der Waals surface area contributed by atoms with Crippen LogP contribution in [-0.2, 0) is 17.8 Å². The SMILES string of the molecule is CCCc1nc(CN2CCCC(C(=O)O)C2)cs1. The van der Waals surface area contributed by atoms with Gasteiger partial charge in [-0.15, -0.1) is 11.3 Å². The molecule has 0 spiro atoms. The van der Waals surface area contributed by atoms with Gasteiger partial charge in [0.15, 0.2) is 0 Å². The van der Waals surface area contributed by atoms with Crippen molar-refractivity contribution < 1.29 is 9.90 Å². The third kappa shape index (κ3) is 3.53. The fraction of sp³-hybridized carbons (Fsp3) is 0.692. The van der Waals surface area contributed by atoms with Crippen molar-refractivity contribution in [2.75, 3.05) is 13.1 Å². The van der Waals surface area contributed by atoms with Gasteiger partial charge in [-0.25, -0.2) is 4.98 Å². The molecule has 4 nitrogen and oxygen atoms in total. The first-order valence-corrected chi connectivity index (χ1v) is 7.45. The molecule has 0 radical (unpaired) electrons. The lowest BCUT2D eigenvalue weighted by Crippen LogP contribution is -2.38. The van der Waals surface area contributed by atoms with E-state index >= 15 is 0 Å². The van der Waals surface area contributed by atoms with E-state index in [1.807, 2.05) is 0 Å². The fourth-order valence-electron chi connectivity index (χ4n) is 2.38. The molecule has 1 saturated heterocycles. The largest absolute Gasteiger partial charge is 0.481 e. The van der Waals surface area contributed by atoms with Crippen LogP contribution < -0.4 is 0 Å². The Hall–Kier alpha value is -0.940. The normalized spacial score (nSPS) is 21.1. The maximum atomic E-state index is 11.0. The van der Waals surface area contributed by atoms with Gasteiger partial charge in [0.05, 0.1) is 16.6 Å². The second kappa shape index (κ2) is 6.29. The minimum atomic E-state index is -0.662. The number of aryl methyl sites for hydroxylation is 1. The van der Waals surface area contributed by atoms with E-state index in [2.05, 4.69) is 22.2 Å². The van der Waals surface area contributed by atoms with Crippen molar-refractivity contribution in [1.82, 2.24) is 9.88 Å². The highest BCUT2D eigenvalue weighted by Crippen LogP contribution is 2.20. The van der Waals surface area contributed by atoms with E-state index in [0.717, 1.165) is 44.5 Å². The van der Waals surface area contributed by atoms with Crippen molar-refractivity contribution in [3.63, 3.8) is 0 Å². The monoisotopic (exact) mass is 268 g/mol. The summed E-state index contributed by atoms with van der Waals surface area (Å²) in [5.41, 5.74) is 1.09. The third-order valence-electron chi connectivity index (χ3n) is 3.30. The lowest BCUT2D eigenvalue weighted by Gasteiger charge is -2.29. The van der Waals surface area contributed by atoms with Gasteiger partial charge >= 0.3 is 5.97 Å². The first-order chi connectivity index (χ1) is 8.69. The van der Waals surface area contributed by atoms with E-state index in [1.54, 1.807) is 11.3 Å². The van der Waals surface area contributed by atoms with Crippen LogP contribution in [0.3, 0.4) is 0 Å². The number of thiazole rings is 1. The molecule has 0 bridgehead atoms. The Morgan fingerprint density at radius 1 is 1.67 bits per heavy atom. The highest BCUT2D eigenvalue weighted by atomic mass is 32.1. The van der Waals surface area contributed by atoms with Crippen LogP contribution in [0.1, 0.15) is 36.9 Å². The van der Waals surface area contributed by atoms with Gasteiger partial charge in [0.1, 0.15) is 0 Å². The molecule has 18 heavy (non-hydrogen) atoms. The Morgan fingerprint density at radius 2 is 2.50 bits per heavy atom. The van der Waals surface area contributed by atoms with Crippen molar-refractivity contribution in [3.8, 4) is 0 Å². The number of nitrogens with zero attached hydrogens (tertiary/aromatic N) is 2. The van der Waals surface area contributed by atoms with Gasteiger partial charge < -0.3 is 5.11 Å². The summed E-state index contributed by atoms with van der Waals surface area (Å²) in [7, 11) is 0. The minimum absolute atomic E-state index is 0.201. The average molecular weight is 268 g/mol. The molecule has 1 N–H and O–H groups in total. The number of piperidine rings is 1. The topological polar surface area (TPSA) is 53.4 Å². The molecule has 100 valence electrons. The van der Waals surface area contributed by atoms with Crippen LogP contribution in [0.25, 0.3) is 0 Å². The summed E-state index contributed by atoms with van der Waals surface area (Å²) >= 11 is 1.72. The molecular weight excluding hydrogens is 248 g/mol. The summed E-state index contributed by atoms with van der Waals surface area (Å²) in [6.45, 7) is 4.60. The van der Waals surface area contributed by atoms with Crippen LogP contribution in [0.4, 0.5) is 0 Å². The first-order valence-electron chi connectivity index (χ1n) is 6.57. The van der Waals surface area contributed by atoms with Gasteiger partial charge in [-0.05, 0) is 32.2 Å². The molecule has 0 aromatic carbocycles. The molecule has 1 aliphatic heterocycles. The van der Waals surface area contributed by atoms with Crippen LogP contribution >= 0.6 is 11.3 Å². The quantitative estimate of drug-likeness (QED) is 0.891. The molecule has 2 heterocycles. The Bertz CT molecular complexity index is 405. The summed E-state index contributed by atoms with van der Waals surface area (Å²) in [6, 6.07) is 0. The van der Waals surface area contributed by atoms with E-state index in [9.17, 15) is 4.79 Å². The van der Waals surface area contributed by atoms with Crippen molar-refractivity contribution in [3.05, 3.63) is 16.1 Å². The van der Waals surface area contributed by atoms with Crippen LogP contribution in [0.2, 0.25) is 0 Å². The number of aliphatic carboxylic acids is 1. The summed E-state index contributed by atoms with van der Waals surface area (Å²) in [6.07, 6.45) is 3.95. The van der Waals surface area contributed by atoms with Crippen molar-refractivity contribution in [1.29, 1.82) is 0 Å². The molecule has 5 heteroatoms. The van der Waals surface area contributed by atoms with E-state index in [1.165, 1.54) is 5.01 Å². The fourth-order valence-corrected chi connectivity index (χ4v) is 3.27. The summed E-state index contributed by atoms with van der Waals surface area (Å²) in [5.74, 6) is -0.864. The predicted octanol–water partition coefficient (Wildman–Crippen LogP) is 2.39. The molecule has 2 rings (SSSR count). The van der Waals surface area contributed by atoms with Crippen molar-refractivity contribution in [2.45, 2.75) is 39.2 Å². The maximum absolute atomic E-state index is 11.0. The van der Waals surface area contributed by atoms with E-state index in [0.29, 0.717) is 6.54 Å². The summed E-state index contributed by atoms with van der Waals surface area (Å²) in [5, 5.41) is 12.4. The molecule has 1 fully saturated rings. The predicted molar refractivity (Wildman–Crippen MR) is 71.7 cm³/mol. The van der Waals surface area contributed by atoms with Gasteiger partial charge in [-0.2, -0.15) is 0 Å². The molecule has 0 amide bonds. The Labute approximate surface area is 112 Å². The molecule has 1 unspecified atom stereocenters. The highest BCUT2D eigenvalue weighted by Gasteiger charge is 2.25. The third-order valence-corrected chi connectivity index (χ3v) is 4.26. The van der Waals surface area contributed by atoms with E-state index in [-0.39, 0.29) is 5.92 Å². The molecule has 1 atom stereocenters. The number of aromatic nitrogens is 1. The van der Waals surface area contributed by atoms with Crippen molar-refractivity contribution >= 4 is 17.3 Å². The van der Waals surface area contributed by atoms with E-state index in [4.69, 9.17) is 5.11 Å². The lowest BCUT2D eigenvalue weighted by atomic mass is 9.98. The molecule has 1 aromatic heterocycles. The average Bonchev–Trinajstić information content (AvgIpc) is 2.77. The zero-order chi connectivity index (χ0) is 13.0. The number of carbonyl (C=O) groups is 1. The molecule has 1 aromatic rings. The van der Waals surface area contributed by atoms with Crippen LogP contribution in [0.5, 0.6) is 0 Å². The summed E-state index contributed by atoms with van der Waals surface area (Å²) < 4.78 is 0. The molecule has 1 aliphatic rings. The first kappa shape index (κ1) is 13.5. The van der Waals surface area contributed by atoms with Crippen LogP contribution in [0, 0.1) is 5.92 Å². The van der Waals surface area contributed by atoms with Gasteiger partial charge in [-0.3, -0.25) is 9.69 Å². The van der Waals surface area contributed by atoms with Gasteiger partial charge in [0.2, 0.25) is 0 Å². The zero-order valence-electron chi connectivity index (χ0n) is 10.8. The Kier molecular flexibility index (Phi) is 4.72. The number of carboxylic acid groups (broad SMARTS) is 1. The number of carboxylic acids is 1. The van der Waals surface area contributed by atoms with Crippen molar-refractivity contribution in [2.24, 2.45) is 5.92 Å². The second-order valence-corrected chi connectivity index (χ2v) is 5.84. The number of hydrogen-bond donors (Lipinski definition) is 1. The van der Waals surface area contributed by atoms with Gasteiger partial charge in [0.25, 0.3) is 0 Å². The maximum Gasteiger partial charge on any atom is 0.307 e. The number of rotatable bonds is 5. The Morgan fingerprint density at radius 3 is 3.22 bits per heavy atom. The zero-order valence-corrected chi connectivity index (χ0v) is 11.6. The summed E-state index contributed by atoms with van der Waals surface area (Å²) in [4.78, 5) is 17.8. The highest BCUT2D eigenvalue weighted by molar-refractivity contribution is 7.09. The number of likely N-dealkylation sites (tertiary alicyclic amines) is 1. The Balaban J connectivity index is 1.89. The molecule has 0 saturated carbocycles. The number of hydrogen-bond acceptors (Lipinski definition) is 4. The lowest BCUT2D eigenvalue weighted by molar-refractivity contribution is -0.143. The van der Waals surface area contributed by atoms with Crippen LogP contribution in [-0.4, -0.2) is 34.0 Å².